The maximum atomic E-state index is 12.1. The van der Waals surface area contributed by atoms with Crippen LogP contribution in [0, 0.1) is 5.41 Å². The van der Waals surface area contributed by atoms with Crippen LogP contribution in [-0.4, -0.2) is 50.7 Å². The quantitative estimate of drug-likeness (QED) is 0.728. The molecule has 18 heavy (non-hydrogen) atoms. The van der Waals surface area contributed by atoms with Crippen molar-refractivity contribution in [2.24, 2.45) is 11.1 Å². The van der Waals surface area contributed by atoms with Crippen molar-refractivity contribution in [3.05, 3.63) is 0 Å². The Morgan fingerprint density at radius 3 is 2.61 bits per heavy atom. The van der Waals surface area contributed by atoms with Crippen LogP contribution in [0.4, 0.5) is 0 Å². The zero-order valence-corrected chi connectivity index (χ0v) is 12.0. The number of ether oxygens (including phenoxy) is 1. The van der Waals surface area contributed by atoms with E-state index in [0.717, 1.165) is 0 Å². The molecular formula is C11H22N2O4S. The second-order valence-corrected chi connectivity index (χ2v) is 7.45. The van der Waals surface area contributed by atoms with Crippen molar-refractivity contribution in [1.29, 1.82) is 0 Å². The molecule has 1 aliphatic heterocycles. The average molecular weight is 278 g/mol. The Kier molecular flexibility index (Phi) is 4.74. The Morgan fingerprint density at radius 2 is 2.11 bits per heavy atom. The molecule has 0 radical (unpaired) electrons. The summed E-state index contributed by atoms with van der Waals surface area (Å²) < 4.78 is 30.0. The molecule has 0 spiro atoms. The van der Waals surface area contributed by atoms with Crippen LogP contribution in [0.3, 0.4) is 0 Å². The highest BCUT2D eigenvalue weighted by molar-refractivity contribution is 7.89. The number of carbonyl (C=O) groups excluding carboxylic acids is 1. The lowest BCUT2D eigenvalue weighted by atomic mass is 9.81. The highest BCUT2D eigenvalue weighted by atomic mass is 32.2. The van der Waals surface area contributed by atoms with Crippen LogP contribution >= 0.6 is 0 Å². The van der Waals surface area contributed by atoms with Gasteiger partial charge in [-0.1, -0.05) is 13.8 Å². The lowest BCUT2D eigenvalue weighted by Gasteiger charge is -2.41. The van der Waals surface area contributed by atoms with Crippen LogP contribution in [-0.2, 0) is 19.6 Å². The van der Waals surface area contributed by atoms with Gasteiger partial charge in [0.25, 0.3) is 0 Å². The molecule has 0 aromatic heterocycles. The zero-order chi connectivity index (χ0) is 14.0. The third-order valence-corrected chi connectivity index (χ3v) is 5.28. The number of esters is 1. The van der Waals surface area contributed by atoms with Crippen LogP contribution < -0.4 is 5.73 Å². The fourth-order valence-corrected chi connectivity index (χ4v) is 3.60. The molecule has 0 aromatic carbocycles. The highest BCUT2D eigenvalue weighted by Gasteiger charge is 2.38. The summed E-state index contributed by atoms with van der Waals surface area (Å²) in [7, 11) is -2.16. The first-order chi connectivity index (χ1) is 8.19. The number of hydrogen-bond donors (Lipinski definition) is 1. The summed E-state index contributed by atoms with van der Waals surface area (Å²) in [6, 6.07) is 0.00422. The van der Waals surface area contributed by atoms with Gasteiger partial charge in [0.15, 0.2) is 0 Å². The maximum absolute atomic E-state index is 12.1. The minimum absolute atomic E-state index is 0.00422. The fraction of sp³-hybridized carbons (Fsp3) is 0.909. The predicted molar refractivity (Wildman–Crippen MR) is 68.4 cm³/mol. The lowest BCUT2D eigenvalue weighted by Crippen LogP contribution is -2.54. The molecule has 106 valence electrons. The van der Waals surface area contributed by atoms with E-state index in [2.05, 4.69) is 4.74 Å². The van der Waals surface area contributed by atoms with Gasteiger partial charge in [0.2, 0.25) is 10.0 Å². The molecule has 6 nitrogen and oxygen atoms in total. The summed E-state index contributed by atoms with van der Waals surface area (Å²) >= 11 is 0. The van der Waals surface area contributed by atoms with E-state index >= 15 is 0 Å². The number of sulfonamides is 1. The molecular weight excluding hydrogens is 256 g/mol. The molecule has 1 aliphatic rings. The number of methoxy groups -OCH3 is 1. The minimum Gasteiger partial charge on any atom is -0.469 e. The van der Waals surface area contributed by atoms with Crippen LogP contribution in [0.5, 0.6) is 0 Å². The smallest absolute Gasteiger partial charge is 0.306 e. The SMILES string of the molecule is COC(=O)CCS(=O)(=O)N1CCC(N)C(C)(C)C1. The zero-order valence-electron chi connectivity index (χ0n) is 11.2. The summed E-state index contributed by atoms with van der Waals surface area (Å²) in [5.41, 5.74) is 5.73. The van der Waals surface area contributed by atoms with E-state index in [0.29, 0.717) is 19.5 Å². The van der Waals surface area contributed by atoms with E-state index in [1.54, 1.807) is 0 Å². The molecule has 2 N–H and O–H groups in total. The summed E-state index contributed by atoms with van der Waals surface area (Å²) in [4.78, 5) is 11.0. The summed E-state index contributed by atoms with van der Waals surface area (Å²) in [6.07, 6.45) is 0.534. The van der Waals surface area contributed by atoms with Gasteiger partial charge in [-0.15, -0.1) is 0 Å². The first kappa shape index (κ1) is 15.4. The molecule has 1 unspecified atom stereocenters. The van der Waals surface area contributed by atoms with Gasteiger partial charge in [-0.25, -0.2) is 12.7 Å². The molecule has 0 aliphatic carbocycles. The summed E-state index contributed by atoms with van der Waals surface area (Å²) in [5, 5.41) is 0. The van der Waals surface area contributed by atoms with Crippen molar-refractivity contribution in [3.63, 3.8) is 0 Å². The van der Waals surface area contributed by atoms with Gasteiger partial charge < -0.3 is 10.5 Å². The molecule has 7 heteroatoms. The molecule has 0 aromatic rings. The second kappa shape index (κ2) is 5.54. The number of nitrogens with two attached hydrogens (primary N) is 1. The third kappa shape index (κ3) is 3.66. The highest BCUT2D eigenvalue weighted by Crippen LogP contribution is 2.29. The molecule has 0 saturated carbocycles. The van der Waals surface area contributed by atoms with E-state index in [9.17, 15) is 13.2 Å². The van der Waals surface area contributed by atoms with Gasteiger partial charge in [-0.2, -0.15) is 0 Å². The van der Waals surface area contributed by atoms with Crippen LogP contribution in [0.2, 0.25) is 0 Å². The van der Waals surface area contributed by atoms with E-state index in [1.165, 1.54) is 11.4 Å². The van der Waals surface area contributed by atoms with E-state index in [4.69, 9.17) is 5.73 Å². The summed E-state index contributed by atoms with van der Waals surface area (Å²) in [5.74, 6) is -0.711. The first-order valence-electron chi connectivity index (χ1n) is 5.99. The number of hydrogen-bond acceptors (Lipinski definition) is 5. The predicted octanol–water partition coefficient (Wildman–Crippen LogP) is -0.0615. The van der Waals surface area contributed by atoms with Crippen molar-refractivity contribution in [1.82, 2.24) is 4.31 Å². The molecule has 1 atom stereocenters. The lowest BCUT2D eigenvalue weighted by molar-refractivity contribution is -0.140. The average Bonchev–Trinajstić information content (AvgIpc) is 2.29. The summed E-state index contributed by atoms with van der Waals surface area (Å²) in [6.45, 7) is 4.74. The van der Waals surface area contributed by atoms with Gasteiger partial charge >= 0.3 is 5.97 Å². The second-order valence-electron chi connectivity index (χ2n) is 5.36. The number of nitrogens with zero attached hydrogens (tertiary/aromatic N) is 1. The van der Waals surface area contributed by atoms with Gasteiger partial charge in [-0.05, 0) is 11.8 Å². The normalized spacial score (nSPS) is 24.8. The topological polar surface area (TPSA) is 89.7 Å². The maximum Gasteiger partial charge on any atom is 0.306 e. The Morgan fingerprint density at radius 1 is 1.50 bits per heavy atom. The van der Waals surface area contributed by atoms with E-state index in [-0.39, 0.29) is 23.6 Å². The standard InChI is InChI=1S/C11H22N2O4S/c1-11(2)8-13(6-4-9(11)12)18(15,16)7-5-10(14)17-3/h9H,4-8,12H2,1-3H3. The first-order valence-corrected chi connectivity index (χ1v) is 7.60. The van der Waals surface area contributed by atoms with Gasteiger partial charge in [0.1, 0.15) is 0 Å². The fourth-order valence-electron chi connectivity index (χ4n) is 2.01. The monoisotopic (exact) mass is 278 g/mol. The van der Waals surface area contributed by atoms with Crippen molar-refractivity contribution in [3.8, 4) is 0 Å². The van der Waals surface area contributed by atoms with Crippen molar-refractivity contribution in [2.75, 3.05) is 26.0 Å². The van der Waals surface area contributed by atoms with Gasteiger partial charge in [0.05, 0.1) is 19.3 Å². The number of carbonyl (C=O) groups is 1. The minimum atomic E-state index is -3.41. The Labute approximate surface area is 109 Å². The van der Waals surface area contributed by atoms with Gasteiger partial charge in [0, 0.05) is 19.1 Å². The number of rotatable bonds is 4. The van der Waals surface area contributed by atoms with Crippen molar-refractivity contribution < 1.29 is 17.9 Å². The molecule has 0 bridgehead atoms. The van der Waals surface area contributed by atoms with E-state index < -0.39 is 16.0 Å². The van der Waals surface area contributed by atoms with Crippen LogP contribution in [0.15, 0.2) is 0 Å². The molecule has 1 saturated heterocycles. The van der Waals surface area contributed by atoms with Crippen molar-refractivity contribution >= 4 is 16.0 Å². The molecule has 1 fully saturated rings. The molecule has 1 rings (SSSR count). The van der Waals surface area contributed by atoms with Crippen molar-refractivity contribution in [2.45, 2.75) is 32.7 Å². The van der Waals surface area contributed by atoms with Crippen LogP contribution in [0.1, 0.15) is 26.7 Å². The third-order valence-electron chi connectivity index (χ3n) is 3.46. The van der Waals surface area contributed by atoms with E-state index in [1.807, 2.05) is 13.8 Å². The largest absolute Gasteiger partial charge is 0.469 e. The number of piperidine rings is 1. The Hall–Kier alpha value is -0.660. The Balaban J connectivity index is 2.66. The molecule has 1 heterocycles. The van der Waals surface area contributed by atoms with Gasteiger partial charge in [-0.3, -0.25) is 4.79 Å². The van der Waals surface area contributed by atoms with Crippen LogP contribution in [0.25, 0.3) is 0 Å². The molecule has 0 amide bonds. The Bertz CT molecular complexity index is 405.